The molecule has 0 aliphatic heterocycles. The van der Waals surface area contributed by atoms with Gasteiger partial charge in [0.2, 0.25) is 5.91 Å². The second-order valence-corrected chi connectivity index (χ2v) is 8.37. The van der Waals surface area contributed by atoms with Crippen LogP contribution in [0.2, 0.25) is 0 Å². The van der Waals surface area contributed by atoms with Gasteiger partial charge in [-0.15, -0.1) is 23.4 Å². The summed E-state index contributed by atoms with van der Waals surface area (Å²) in [5.41, 5.74) is 2.35. The van der Waals surface area contributed by atoms with Gasteiger partial charge in [0, 0.05) is 24.8 Å². The number of carbonyl (C=O) groups excluding carboxylic acids is 1. The minimum absolute atomic E-state index is 0.0188. The van der Waals surface area contributed by atoms with Crippen LogP contribution in [0.15, 0.2) is 60.0 Å². The molecule has 0 saturated heterocycles. The van der Waals surface area contributed by atoms with Crippen LogP contribution in [0, 0.1) is 0 Å². The molecule has 0 aliphatic rings. The quantitative estimate of drug-likeness (QED) is 0.437. The summed E-state index contributed by atoms with van der Waals surface area (Å²) in [4.78, 5) is 13.9. The van der Waals surface area contributed by atoms with E-state index in [1.54, 1.807) is 17.0 Å². The topological polar surface area (TPSA) is 60.2 Å². The monoisotopic (exact) mass is 464 g/mol. The fourth-order valence-electron chi connectivity index (χ4n) is 2.96. The van der Waals surface area contributed by atoms with Crippen LogP contribution in [-0.2, 0) is 11.3 Å². The van der Waals surface area contributed by atoms with E-state index < -0.39 is 6.36 Å². The van der Waals surface area contributed by atoms with E-state index >= 15 is 0 Å². The summed E-state index contributed by atoms with van der Waals surface area (Å²) in [6, 6.07) is 13.8. The highest BCUT2D eigenvalue weighted by atomic mass is 32.2. The molecule has 170 valence electrons. The van der Waals surface area contributed by atoms with E-state index in [2.05, 4.69) is 28.8 Å². The molecule has 32 heavy (non-hydrogen) atoms. The molecule has 0 atom stereocenters. The smallest absolute Gasteiger partial charge is 0.405 e. The van der Waals surface area contributed by atoms with Crippen LogP contribution < -0.4 is 4.74 Å². The number of nitrogens with zero attached hydrogens (tertiary/aromatic N) is 4. The Morgan fingerprint density at radius 2 is 1.84 bits per heavy atom. The van der Waals surface area contributed by atoms with Crippen LogP contribution in [0.1, 0.15) is 30.9 Å². The molecule has 1 amide bonds. The molecular weight excluding hydrogens is 441 g/mol. The molecule has 6 nitrogen and oxygen atoms in total. The lowest BCUT2D eigenvalue weighted by Crippen LogP contribution is -2.28. The Morgan fingerprint density at radius 3 is 2.50 bits per heavy atom. The molecule has 0 radical (unpaired) electrons. The third-order valence-corrected chi connectivity index (χ3v) is 5.64. The van der Waals surface area contributed by atoms with Gasteiger partial charge in [-0.1, -0.05) is 55.9 Å². The van der Waals surface area contributed by atoms with Gasteiger partial charge in [0.25, 0.3) is 0 Å². The lowest BCUT2D eigenvalue weighted by atomic mass is 10.0. The first kappa shape index (κ1) is 23.6. The minimum Gasteiger partial charge on any atom is -0.405 e. The zero-order valence-electron chi connectivity index (χ0n) is 17.8. The fraction of sp³-hybridized carbons (Fsp3) is 0.318. The summed E-state index contributed by atoms with van der Waals surface area (Å²) in [7, 11) is 1.53. The number of rotatable bonds is 8. The van der Waals surface area contributed by atoms with Crippen LogP contribution in [0.25, 0.3) is 5.69 Å². The zero-order chi connectivity index (χ0) is 23.3. The predicted octanol–water partition coefficient (Wildman–Crippen LogP) is 5.04. The Balaban J connectivity index is 1.63. The third kappa shape index (κ3) is 6.25. The first-order valence-corrected chi connectivity index (χ1v) is 10.8. The van der Waals surface area contributed by atoms with Crippen LogP contribution in [0.5, 0.6) is 5.75 Å². The lowest BCUT2D eigenvalue weighted by Gasteiger charge is -2.19. The van der Waals surface area contributed by atoms with Crippen molar-refractivity contribution in [1.82, 2.24) is 19.7 Å². The number of aromatic nitrogens is 3. The van der Waals surface area contributed by atoms with E-state index in [1.807, 2.05) is 24.3 Å². The van der Waals surface area contributed by atoms with Crippen molar-refractivity contribution in [2.75, 3.05) is 12.8 Å². The first-order valence-electron chi connectivity index (χ1n) is 9.85. The van der Waals surface area contributed by atoms with Crippen molar-refractivity contribution in [3.8, 4) is 11.4 Å². The van der Waals surface area contributed by atoms with Crippen molar-refractivity contribution in [3.05, 3.63) is 66.0 Å². The SMILES string of the molecule is CC(C)c1ccc(-n2cnnc2SCC(=O)N(C)Cc2ccccc2OC(F)(F)F)cc1. The molecule has 1 heterocycles. The molecule has 3 aromatic rings. The molecule has 0 saturated carbocycles. The summed E-state index contributed by atoms with van der Waals surface area (Å²) in [6.07, 6.45) is -3.22. The summed E-state index contributed by atoms with van der Waals surface area (Å²) in [6.45, 7) is 4.21. The van der Waals surface area contributed by atoms with Crippen molar-refractivity contribution in [2.45, 2.75) is 37.8 Å². The fourth-order valence-corrected chi connectivity index (χ4v) is 3.83. The highest BCUT2D eigenvalue weighted by molar-refractivity contribution is 7.99. The molecule has 0 fully saturated rings. The molecule has 3 rings (SSSR count). The maximum absolute atomic E-state index is 12.6. The van der Waals surface area contributed by atoms with E-state index in [-0.39, 0.29) is 29.5 Å². The van der Waals surface area contributed by atoms with Crippen molar-refractivity contribution >= 4 is 17.7 Å². The summed E-state index contributed by atoms with van der Waals surface area (Å²) in [5, 5.41) is 8.56. The van der Waals surface area contributed by atoms with Gasteiger partial charge in [-0.05, 0) is 29.7 Å². The van der Waals surface area contributed by atoms with Crippen LogP contribution in [0.3, 0.4) is 0 Å². The number of benzene rings is 2. The molecule has 10 heteroatoms. The van der Waals surface area contributed by atoms with Crippen LogP contribution in [-0.4, -0.2) is 44.7 Å². The van der Waals surface area contributed by atoms with Gasteiger partial charge in [-0.3, -0.25) is 9.36 Å². The van der Waals surface area contributed by atoms with E-state index in [9.17, 15) is 18.0 Å². The van der Waals surface area contributed by atoms with Crippen LogP contribution >= 0.6 is 11.8 Å². The second kappa shape index (κ2) is 10.1. The van der Waals surface area contributed by atoms with E-state index in [1.165, 1.54) is 47.5 Å². The molecule has 1 aromatic heterocycles. The standard InChI is InChI=1S/C22H23F3N4O2S/c1-15(2)16-8-10-18(11-9-16)29-14-26-27-21(29)32-13-20(30)28(3)12-17-6-4-5-7-19(17)31-22(23,24)25/h4-11,14-15H,12-13H2,1-3H3. The Bertz CT molecular complexity index is 1050. The Labute approximate surface area is 188 Å². The highest BCUT2D eigenvalue weighted by Crippen LogP contribution is 2.27. The number of halogens is 3. The Hall–Kier alpha value is -3.01. The Morgan fingerprint density at radius 1 is 1.16 bits per heavy atom. The largest absolute Gasteiger partial charge is 0.573 e. The normalized spacial score (nSPS) is 11.6. The number of hydrogen-bond acceptors (Lipinski definition) is 5. The first-order chi connectivity index (χ1) is 15.1. The Kier molecular flexibility index (Phi) is 7.44. The van der Waals surface area contributed by atoms with Crippen molar-refractivity contribution in [1.29, 1.82) is 0 Å². The molecule has 0 bridgehead atoms. The second-order valence-electron chi connectivity index (χ2n) is 7.42. The van der Waals surface area contributed by atoms with Gasteiger partial charge in [0.05, 0.1) is 5.75 Å². The van der Waals surface area contributed by atoms with Gasteiger partial charge in [-0.25, -0.2) is 0 Å². The molecule has 0 N–H and O–H groups in total. The highest BCUT2D eigenvalue weighted by Gasteiger charge is 2.32. The van der Waals surface area contributed by atoms with Gasteiger partial charge in [-0.2, -0.15) is 0 Å². The predicted molar refractivity (Wildman–Crippen MR) is 116 cm³/mol. The van der Waals surface area contributed by atoms with Crippen LogP contribution in [0.4, 0.5) is 13.2 Å². The van der Waals surface area contributed by atoms with E-state index in [0.717, 1.165) is 5.69 Å². The van der Waals surface area contributed by atoms with E-state index in [0.29, 0.717) is 11.1 Å². The maximum Gasteiger partial charge on any atom is 0.573 e. The number of amides is 1. The van der Waals surface area contributed by atoms with Gasteiger partial charge in [0.1, 0.15) is 12.1 Å². The van der Waals surface area contributed by atoms with Gasteiger partial charge >= 0.3 is 6.36 Å². The van der Waals surface area contributed by atoms with E-state index in [4.69, 9.17) is 0 Å². The average molecular weight is 465 g/mol. The molecular formula is C22H23F3N4O2S. The lowest BCUT2D eigenvalue weighted by molar-refractivity contribution is -0.275. The third-order valence-electron chi connectivity index (χ3n) is 4.71. The number of para-hydroxylation sites is 1. The number of hydrogen-bond donors (Lipinski definition) is 0. The average Bonchev–Trinajstić information content (AvgIpc) is 3.21. The summed E-state index contributed by atoms with van der Waals surface area (Å²) >= 11 is 1.21. The summed E-state index contributed by atoms with van der Waals surface area (Å²) in [5.74, 6) is -0.112. The molecule has 0 aliphatic carbocycles. The number of thioether (sulfide) groups is 1. The van der Waals surface area contributed by atoms with Gasteiger partial charge in [0.15, 0.2) is 5.16 Å². The minimum atomic E-state index is -4.80. The molecule has 0 unspecified atom stereocenters. The molecule has 2 aromatic carbocycles. The van der Waals surface area contributed by atoms with Crippen molar-refractivity contribution in [2.24, 2.45) is 0 Å². The van der Waals surface area contributed by atoms with Crippen molar-refractivity contribution < 1.29 is 22.7 Å². The van der Waals surface area contributed by atoms with Crippen molar-refractivity contribution in [3.63, 3.8) is 0 Å². The zero-order valence-corrected chi connectivity index (χ0v) is 18.7. The number of carbonyl (C=O) groups is 1. The number of ether oxygens (including phenoxy) is 1. The van der Waals surface area contributed by atoms with Gasteiger partial charge < -0.3 is 9.64 Å². The number of alkyl halides is 3. The maximum atomic E-state index is 12.6. The molecule has 0 spiro atoms. The summed E-state index contributed by atoms with van der Waals surface area (Å²) < 4.78 is 43.7.